The summed E-state index contributed by atoms with van der Waals surface area (Å²) in [4.78, 5) is 23.1. The van der Waals surface area contributed by atoms with Crippen LogP contribution >= 0.6 is 0 Å². The van der Waals surface area contributed by atoms with Crippen LogP contribution in [-0.4, -0.2) is 53.0 Å². The lowest BCUT2D eigenvalue weighted by molar-refractivity contribution is -0.385. The molecule has 0 bridgehead atoms. The zero-order valence-corrected chi connectivity index (χ0v) is 14.0. The number of hydrogen-bond donors (Lipinski definition) is 0. The van der Waals surface area contributed by atoms with Gasteiger partial charge in [-0.3, -0.25) is 10.1 Å². The third-order valence-electron chi connectivity index (χ3n) is 4.10. The van der Waals surface area contributed by atoms with E-state index in [2.05, 4.69) is 14.9 Å². The van der Waals surface area contributed by atoms with Gasteiger partial charge in [0.1, 0.15) is 17.9 Å². The number of nitro groups is 1. The summed E-state index contributed by atoms with van der Waals surface area (Å²) in [6.45, 7) is 4.42. The number of rotatable bonds is 4. The molecule has 1 aromatic carbocycles. The molecule has 132 valence electrons. The van der Waals surface area contributed by atoms with Crippen molar-refractivity contribution in [2.24, 2.45) is 0 Å². The lowest BCUT2D eigenvalue weighted by Gasteiger charge is -2.32. The Morgan fingerprint density at radius 1 is 1.24 bits per heavy atom. The molecule has 25 heavy (non-hydrogen) atoms. The number of halogens is 1. The van der Waals surface area contributed by atoms with E-state index in [1.807, 2.05) is 11.9 Å². The number of ether oxygens (including phenoxy) is 1. The number of aryl methyl sites for hydroxylation is 1. The van der Waals surface area contributed by atoms with Crippen molar-refractivity contribution >= 4 is 11.5 Å². The van der Waals surface area contributed by atoms with Crippen LogP contribution in [0.25, 0.3) is 0 Å². The zero-order valence-electron chi connectivity index (χ0n) is 14.0. The summed E-state index contributed by atoms with van der Waals surface area (Å²) in [5.41, 5.74) is 0.0996. The van der Waals surface area contributed by atoms with Gasteiger partial charge in [0.2, 0.25) is 5.82 Å². The Morgan fingerprint density at radius 2 is 1.96 bits per heavy atom. The van der Waals surface area contributed by atoms with Gasteiger partial charge in [0.15, 0.2) is 0 Å². The first-order valence-corrected chi connectivity index (χ1v) is 7.82. The first-order valence-electron chi connectivity index (χ1n) is 7.82. The lowest BCUT2D eigenvalue weighted by Crippen LogP contribution is -2.45. The Labute approximate surface area is 144 Å². The van der Waals surface area contributed by atoms with Gasteiger partial charge in [-0.15, -0.1) is 0 Å². The molecule has 0 saturated carbocycles. The summed E-state index contributed by atoms with van der Waals surface area (Å²) in [6.07, 6.45) is 1.24. The molecule has 1 saturated heterocycles. The number of aromatic nitrogens is 2. The van der Waals surface area contributed by atoms with Gasteiger partial charge in [-0.1, -0.05) is 0 Å². The van der Waals surface area contributed by atoms with Gasteiger partial charge in [0, 0.05) is 26.2 Å². The quantitative estimate of drug-likeness (QED) is 0.620. The van der Waals surface area contributed by atoms with Crippen LogP contribution in [0, 0.1) is 22.9 Å². The van der Waals surface area contributed by atoms with Gasteiger partial charge >= 0.3 is 11.6 Å². The molecule has 1 aliphatic rings. The minimum atomic E-state index is -0.542. The van der Waals surface area contributed by atoms with Crippen molar-refractivity contribution in [3.8, 4) is 11.6 Å². The van der Waals surface area contributed by atoms with E-state index in [1.165, 1.54) is 24.5 Å². The Bertz CT molecular complexity index is 793. The zero-order chi connectivity index (χ0) is 18.0. The van der Waals surface area contributed by atoms with Gasteiger partial charge in [0.05, 0.1) is 4.92 Å². The molecule has 0 N–H and O–H groups in total. The van der Waals surface area contributed by atoms with E-state index in [4.69, 9.17) is 4.74 Å². The number of anilines is 1. The van der Waals surface area contributed by atoms with E-state index >= 15 is 0 Å². The average molecular weight is 347 g/mol. The largest absolute Gasteiger partial charge is 0.434 e. The van der Waals surface area contributed by atoms with Crippen molar-refractivity contribution in [3.05, 3.63) is 46.0 Å². The summed E-state index contributed by atoms with van der Waals surface area (Å²) in [7, 11) is 2.00. The monoisotopic (exact) mass is 347 g/mol. The fourth-order valence-corrected chi connectivity index (χ4v) is 2.63. The molecule has 1 fully saturated rings. The van der Waals surface area contributed by atoms with Gasteiger partial charge in [0.25, 0.3) is 0 Å². The van der Waals surface area contributed by atoms with Crippen LogP contribution in [0.3, 0.4) is 0 Å². The molecule has 1 aromatic heterocycles. The highest BCUT2D eigenvalue weighted by atomic mass is 19.1. The number of piperazine rings is 1. The van der Waals surface area contributed by atoms with E-state index in [0.717, 1.165) is 13.1 Å². The summed E-state index contributed by atoms with van der Waals surface area (Å²) in [5.74, 6) is -0.00504. The van der Waals surface area contributed by atoms with E-state index < -0.39 is 4.92 Å². The van der Waals surface area contributed by atoms with Crippen LogP contribution in [0.2, 0.25) is 0 Å². The predicted molar refractivity (Wildman–Crippen MR) is 89.6 cm³/mol. The highest BCUT2D eigenvalue weighted by Crippen LogP contribution is 2.36. The molecule has 2 heterocycles. The van der Waals surface area contributed by atoms with Crippen LogP contribution in [0.1, 0.15) is 5.56 Å². The summed E-state index contributed by atoms with van der Waals surface area (Å²) >= 11 is 0. The van der Waals surface area contributed by atoms with Gasteiger partial charge in [-0.2, -0.15) is 4.98 Å². The van der Waals surface area contributed by atoms with E-state index in [9.17, 15) is 14.5 Å². The topological polar surface area (TPSA) is 84.6 Å². The normalized spacial score (nSPS) is 15.2. The molecular formula is C16H18FN5O3. The summed E-state index contributed by atoms with van der Waals surface area (Å²) in [6, 6.07) is 4.12. The maximum Gasteiger partial charge on any atom is 0.373 e. The molecule has 8 nitrogen and oxygen atoms in total. The fourth-order valence-electron chi connectivity index (χ4n) is 2.63. The second-order valence-corrected chi connectivity index (χ2v) is 5.91. The van der Waals surface area contributed by atoms with E-state index in [1.54, 1.807) is 6.92 Å². The maximum absolute atomic E-state index is 13.4. The molecule has 0 atom stereocenters. The van der Waals surface area contributed by atoms with Crippen LogP contribution in [-0.2, 0) is 0 Å². The Hall–Kier alpha value is -2.81. The van der Waals surface area contributed by atoms with Crippen LogP contribution in [0.5, 0.6) is 11.6 Å². The Balaban J connectivity index is 1.95. The van der Waals surface area contributed by atoms with Crippen LogP contribution < -0.4 is 9.64 Å². The van der Waals surface area contributed by atoms with Crippen molar-refractivity contribution in [2.75, 3.05) is 38.1 Å². The molecule has 0 aliphatic carbocycles. The molecule has 0 amide bonds. The minimum absolute atomic E-state index is 0.153. The number of nitrogens with zero attached hydrogens (tertiary/aromatic N) is 5. The molecule has 9 heteroatoms. The van der Waals surface area contributed by atoms with Gasteiger partial charge in [-0.25, -0.2) is 9.37 Å². The first kappa shape index (κ1) is 17.0. The van der Waals surface area contributed by atoms with Crippen LogP contribution in [0.4, 0.5) is 15.9 Å². The van der Waals surface area contributed by atoms with Crippen molar-refractivity contribution in [2.45, 2.75) is 6.92 Å². The first-order chi connectivity index (χ1) is 12.0. The van der Waals surface area contributed by atoms with Gasteiger partial charge < -0.3 is 14.5 Å². The second-order valence-electron chi connectivity index (χ2n) is 5.91. The summed E-state index contributed by atoms with van der Waals surface area (Å²) in [5, 5.41) is 11.6. The highest BCUT2D eigenvalue weighted by molar-refractivity contribution is 5.63. The average Bonchev–Trinajstić information content (AvgIpc) is 2.58. The minimum Gasteiger partial charge on any atom is -0.434 e. The van der Waals surface area contributed by atoms with E-state index in [-0.39, 0.29) is 29.0 Å². The smallest absolute Gasteiger partial charge is 0.373 e. The standard InChI is InChI=1S/C16H18FN5O3/c1-11-9-12(3-4-13(11)17)25-16-14(22(23)24)15(18-10-19-16)21-7-5-20(2)6-8-21/h3-4,9-10H,5-8H2,1-2H3. The van der Waals surface area contributed by atoms with E-state index in [0.29, 0.717) is 18.7 Å². The highest BCUT2D eigenvalue weighted by Gasteiger charge is 2.30. The maximum atomic E-state index is 13.4. The number of likely N-dealkylation sites (N-methyl/N-ethyl adjacent to an activating group) is 1. The van der Waals surface area contributed by atoms with Crippen LogP contribution in [0.15, 0.2) is 24.5 Å². The molecule has 2 aromatic rings. The summed E-state index contributed by atoms with van der Waals surface area (Å²) < 4.78 is 18.9. The SMILES string of the molecule is Cc1cc(Oc2ncnc(N3CCN(C)CC3)c2[N+](=O)[O-])ccc1F. The van der Waals surface area contributed by atoms with Crippen molar-refractivity contribution in [1.82, 2.24) is 14.9 Å². The van der Waals surface area contributed by atoms with Crippen molar-refractivity contribution in [3.63, 3.8) is 0 Å². The predicted octanol–water partition coefficient (Wildman–Crippen LogP) is 2.38. The second kappa shape index (κ2) is 6.98. The van der Waals surface area contributed by atoms with Crippen molar-refractivity contribution < 1.29 is 14.1 Å². The fraction of sp³-hybridized carbons (Fsp3) is 0.375. The lowest BCUT2D eigenvalue weighted by atomic mass is 10.2. The Morgan fingerprint density at radius 3 is 2.60 bits per heavy atom. The number of hydrogen-bond acceptors (Lipinski definition) is 7. The molecule has 3 rings (SSSR count). The molecule has 0 unspecified atom stereocenters. The molecule has 0 spiro atoms. The molecule has 1 aliphatic heterocycles. The third-order valence-corrected chi connectivity index (χ3v) is 4.10. The van der Waals surface area contributed by atoms with Gasteiger partial charge in [-0.05, 0) is 37.7 Å². The third kappa shape index (κ3) is 3.66. The number of benzene rings is 1. The molecule has 0 radical (unpaired) electrons. The molecular weight excluding hydrogens is 329 g/mol. The Kier molecular flexibility index (Phi) is 4.75. The van der Waals surface area contributed by atoms with Crippen molar-refractivity contribution in [1.29, 1.82) is 0 Å².